The number of rotatable bonds is 5. The molecule has 0 unspecified atom stereocenters. The Labute approximate surface area is 197 Å². The lowest BCUT2D eigenvalue weighted by atomic mass is 10.2. The van der Waals surface area contributed by atoms with Gasteiger partial charge in [-0.1, -0.05) is 18.2 Å². The van der Waals surface area contributed by atoms with Gasteiger partial charge in [-0.2, -0.15) is 4.98 Å². The van der Waals surface area contributed by atoms with Crippen molar-refractivity contribution >= 4 is 39.7 Å². The molecule has 1 aromatic carbocycles. The van der Waals surface area contributed by atoms with Crippen LogP contribution in [0.2, 0.25) is 0 Å². The van der Waals surface area contributed by atoms with E-state index in [1.807, 2.05) is 22.8 Å². The molecule has 10 nitrogen and oxygen atoms in total. The number of ether oxygens (including phenoxy) is 2. The summed E-state index contributed by atoms with van der Waals surface area (Å²) < 4.78 is 16.7. The van der Waals surface area contributed by atoms with E-state index < -0.39 is 12.0 Å². The van der Waals surface area contributed by atoms with Crippen LogP contribution in [0.15, 0.2) is 33.9 Å². The zero-order valence-corrected chi connectivity index (χ0v) is 19.9. The number of aryl methyl sites for hydroxylation is 1. The van der Waals surface area contributed by atoms with Crippen LogP contribution in [-0.4, -0.2) is 64.4 Å². The van der Waals surface area contributed by atoms with Gasteiger partial charge in [0.15, 0.2) is 17.5 Å². The zero-order valence-electron chi connectivity index (χ0n) is 17.8. The van der Waals surface area contributed by atoms with Gasteiger partial charge in [-0.05, 0) is 34.2 Å². The highest BCUT2D eigenvalue weighted by atomic mass is 127. The van der Waals surface area contributed by atoms with E-state index >= 15 is 0 Å². The lowest BCUT2D eigenvalue weighted by molar-refractivity contribution is -0.0538. The van der Waals surface area contributed by atoms with Crippen LogP contribution in [0.4, 0.5) is 5.95 Å². The Morgan fingerprint density at radius 2 is 1.84 bits per heavy atom. The first-order valence-corrected chi connectivity index (χ1v) is 11.7. The minimum atomic E-state index is -0.600. The van der Waals surface area contributed by atoms with Crippen molar-refractivity contribution in [3.05, 3.63) is 54.2 Å². The fourth-order valence-electron chi connectivity index (χ4n) is 4.24. The largest absolute Gasteiger partial charge is 0.348 e. The van der Waals surface area contributed by atoms with Crippen molar-refractivity contribution < 1.29 is 9.47 Å². The number of piperazine rings is 1. The summed E-state index contributed by atoms with van der Waals surface area (Å²) in [5.74, 6) is 0.708. The molecule has 1 N–H and O–H groups in total. The Hall–Kier alpha value is -2.22. The topological polar surface area (TPSA) is 95.5 Å². The quantitative estimate of drug-likeness (QED) is 0.456. The van der Waals surface area contributed by atoms with Gasteiger partial charge in [0.2, 0.25) is 5.95 Å². The van der Waals surface area contributed by atoms with Crippen molar-refractivity contribution in [2.75, 3.05) is 44.3 Å². The predicted molar refractivity (Wildman–Crippen MR) is 128 cm³/mol. The van der Waals surface area contributed by atoms with E-state index in [1.54, 1.807) is 7.05 Å². The zero-order chi connectivity index (χ0) is 22.2. The van der Waals surface area contributed by atoms with Gasteiger partial charge in [-0.3, -0.25) is 18.5 Å². The second-order valence-corrected chi connectivity index (χ2v) is 9.09. The van der Waals surface area contributed by atoms with E-state index in [-0.39, 0.29) is 12.1 Å². The van der Waals surface area contributed by atoms with Crippen LogP contribution in [-0.2, 0) is 29.6 Å². The van der Waals surface area contributed by atoms with Crippen molar-refractivity contribution in [3.8, 4) is 0 Å². The van der Waals surface area contributed by atoms with Crippen molar-refractivity contribution in [1.82, 2.24) is 24.0 Å². The number of nitrogens with one attached hydrogen (secondary N) is 1. The number of imidazole rings is 1. The van der Waals surface area contributed by atoms with Gasteiger partial charge in [-0.15, -0.1) is 0 Å². The second kappa shape index (κ2) is 8.96. The molecule has 0 bridgehead atoms. The average Bonchev–Trinajstić information content (AvgIpc) is 3.46. The normalized spacial score (nSPS) is 17.5. The first-order valence-electron chi connectivity index (χ1n) is 10.7. The van der Waals surface area contributed by atoms with Gasteiger partial charge in [0.25, 0.3) is 5.56 Å². The van der Waals surface area contributed by atoms with Gasteiger partial charge in [0.1, 0.15) is 0 Å². The van der Waals surface area contributed by atoms with Crippen molar-refractivity contribution in [1.29, 1.82) is 0 Å². The van der Waals surface area contributed by atoms with Crippen LogP contribution in [0.1, 0.15) is 5.56 Å². The fourth-order valence-corrected chi connectivity index (χ4v) is 4.79. The van der Waals surface area contributed by atoms with Gasteiger partial charge >= 0.3 is 5.69 Å². The Balaban J connectivity index is 1.71. The first kappa shape index (κ1) is 21.6. The van der Waals surface area contributed by atoms with Crippen molar-refractivity contribution in [2.24, 2.45) is 7.05 Å². The van der Waals surface area contributed by atoms with Gasteiger partial charge in [-0.25, -0.2) is 4.79 Å². The molecule has 0 spiro atoms. The van der Waals surface area contributed by atoms with Crippen LogP contribution < -0.4 is 21.5 Å². The first-order chi connectivity index (χ1) is 15.5. The molecule has 0 aliphatic carbocycles. The number of halogens is 1. The Kier molecular flexibility index (Phi) is 6.05. The summed E-state index contributed by atoms with van der Waals surface area (Å²) in [5.41, 5.74) is 1.10. The highest BCUT2D eigenvalue weighted by Gasteiger charge is 2.26. The van der Waals surface area contributed by atoms with E-state index in [9.17, 15) is 9.59 Å². The standard InChI is InChI=1S/C21H25IN6O4/c1-25-18-17(19(29)28(21(25)30)13-16-31-10-11-32-16)27(12-14-4-2-3-5-15(14)22)20(24-18)26-8-6-23-7-9-26/h2-5,16,23H,6-13H2,1H3. The maximum atomic E-state index is 13.6. The number of hydrogen-bond acceptors (Lipinski definition) is 7. The summed E-state index contributed by atoms with van der Waals surface area (Å²) in [7, 11) is 1.65. The summed E-state index contributed by atoms with van der Waals surface area (Å²) >= 11 is 2.31. The van der Waals surface area contributed by atoms with E-state index in [2.05, 4.69) is 38.9 Å². The minimum Gasteiger partial charge on any atom is -0.348 e. The molecule has 2 aliphatic rings. The summed E-state index contributed by atoms with van der Waals surface area (Å²) in [6, 6.07) is 8.08. The molecule has 11 heteroatoms. The molecule has 0 saturated carbocycles. The van der Waals surface area contributed by atoms with Crippen LogP contribution in [0.5, 0.6) is 0 Å². The summed E-state index contributed by atoms with van der Waals surface area (Å²) in [6.45, 7) is 4.69. The molecule has 5 rings (SSSR count). The maximum Gasteiger partial charge on any atom is 0.332 e. The molecular weight excluding hydrogens is 527 g/mol. The molecule has 0 amide bonds. The van der Waals surface area contributed by atoms with Gasteiger partial charge in [0, 0.05) is 36.8 Å². The smallest absolute Gasteiger partial charge is 0.332 e. The molecule has 3 aromatic rings. The molecule has 2 saturated heterocycles. The molecular formula is C21H25IN6O4. The van der Waals surface area contributed by atoms with Crippen molar-refractivity contribution in [2.45, 2.75) is 19.4 Å². The monoisotopic (exact) mass is 552 g/mol. The van der Waals surface area contributed by atoms with Gasteiger partial charge in [0.05, 0.1) is 26.3 Å². The molecule has 170 valence electrons. The summed E-state index contributed by atoms with van der Waals surface area (Å²) in [4.78, 5) is 33.6. The Morgan fingerprint density at radius 3 is 2.56 bits per heavy atom. The van der Waals surface area contributed by atoms with Crippen LogP contribution in [0.3, 0.4) is 0 Å². The van der Waals surface area contributed by atoms with E-state index in [0.717, 1.165) is 35.3 Å². The third kappa shape index (κ3) is 3.87. The molecule has 2 aromatic heterocycles. The number of nitrogens with zero attached hydrogens (tertiary/aromatic N) is 5. The predicted octanol–water partition coefficient (Wildman–Crippen LogP) is 0.332. The highest BCUT2D eigenvalue weighted by molar-refractivity contribution is 14.1. The highest BCUT2D eigenvalue weighted by Crippen LogP contribution is 2.23. The molecule has 4 heterocycles. The van der Waals surface area contributed by atoms with Gasteiger partial charge < -0.3 is 19.7 Å². The Bertz CT molecular complexity index is 1250. The van der Waals surface area contributed by atoms with Crippen LogP contribution in [0.25, 0.3) is 11.2 Å². The number of hydrogen-bond donors (Lipinski definition) is 1. The lowest BCUT2D eigenvalue weighted by Crippen LogP contribution is -2.44. The number of fused-ring (bicyclic) bond motifs is 1. The van der Waals surface area contributed by atoms with Crippen LogP contribution >= 0.6 is 22.6 Å². The molecule has 2 fully saturated rings. The minimum absolute atomic E-state index is 0.0540. The number of benzene rings is 1. The van der Waals surface area contributed by atoms with E-state index in [1.165, 1.54) is 9.13 Å². The third-order valence-electron chi connectivity index (χ3n) is 5.92. The lowest BCUT2D eigenvalue weighted by Gasteiger charge is -2.28. The van der Waals surface area contributed by atoms with E-state index in [0.29, 0.717) is 36.9 Å². The number of aromatic nitrogens is 4. The SMILES string of the molecule is Cn1c(=O)n(CC2OCCO2)c(=O)c2c1nc(N1CCNCC1)n2Cc1ccccc1I. The number of anilines is 1. The summed E-state index contributed by atoms with van der Waals surface area (Å²) in [5, 5.41) is 3.35. The molecule has 0 radical (unpaired) electrons. The third-order valence-corrected chi connectivity index (χ3v) is 6.97. The van der Waals surface area contributed by atoms with Crippen molar-refractivity contribution in [3.63, 3.8) is 0 Å². The Morgan fingerprint density at radius 1 is 1.12 bits per heavy atom. The van der Waals surface area contributed by atoms with Crippen LogP contribution in [0, 0.1) is 3.57 Å². The molecule has 2 aliphatic heterocycles. The molecule has 0 atom stereocenters. The van der Waals surface area contributed by atoms with E-state index in [4.69, 9.17) is 14.5 Å². The second-order valence-electron chi connectivity index (χ2n) is 7.93. The summed E-state index contributed by atoms with van der Waals surface area (Å²) in [6.07, 6.45) is -0.600. The average molecular weight is 552 g/mol. The molecule has 32 heavy (non-hydrogen) atoms. The fraction of sp³-hybridized carbons (Fsp3) is 0.476. The maximum absolute atomic E-state index is 13.6.